The fourth-order valence-electron chi connectivity index (χ4n) is 3.00. The largest absolute Gasteiger partial charge is 0.490 e. The third-order valence-electron chi connectivity index (χ3n) is 4.88. The molecule has 0 saturated heterocycles. The minimum absolute atomic E-state index is 0.0449. The molecule has 0 spiro atoms. The Hall–Kier alpha value is -1.47. The summed E-state index contributed by atoms with van der Waals surface area (Å²) in [5.74, 6) is 0.409. The molecule has 1 aliphatic rings. The maximum atomic E-state index is 13.9. The number of rotatable bonds is 14. The topological polar surface area (TPSA) is 72.5 Å². The lowest BCUT2D eigenvalue weighted by molar-refractivity contribution is -0.116. The van der Waals surface area contributed by atoms with Crippen LogP contribution in [0, 0.1) is 11.7 Å². The van der Waals surface area contributed by atoms with Gasteiger partial charge in [-0.15, -0.1) is 0 Å². The molecule has 0 bridgehead atoms. The highest BCUT2D eigenvalue weighted by molar-refractivity contribution is 7.91. The zero-order valence-corrected chi connectivity index (χ0v) is 17.7. The summed E-state index contributed by atoms with van der Waals surface area (Å²) >= 11 is 0. The standard InChI is InChI=1S/C21H32FNO4S/c1-16(15-28(25,26)11-5-3-4-10-23-13-17(2)24)19-8-9-20(22)21(12-19)27-14-18-6-7-18/h8-9,12,16,18,23H,3-7,10-11,13-15H2,1-2H3/t16-/m1/s1. The van der Waals surface area contributed by atoms with Crippen molar-refractivity contribution in [2.75, 3.05) is 31.2 Å². The van der Waals surface area contributed by atoms with Gasteiger partial charge in [-0.1, -0.05) is 19.4 Å². The first kappa shape index (κ1) is 22.8. The summed E-state index contributed by atoms with van der Waals surface area (Å²) in [4.78, 5) is 10.8. The molecular formula is C21H32FNO4S. The molecule has 1 aliphatic carbocycles. The predicted molar refractivity (Wildman–Crippen MR) is 109 cm³/mol. The van der Waals surface area contributed by atoms with Crippen LogP contribution in [0.3, 0.4) is 0 Å². The molecule has 0 heterocycles. The van der Waals surface area contributed by atoms with Crippen LogP contribution in [-0.2, 0) is 14.6 Å². The highest BCUT2D eigenvalue weighted by Crippen LogP contribution is 2.31. The molecule has 1 saturated carbocycles. The van der Waals surface area contributed by atoms with Gasteiger partial charge in [0.25, 0.3) is 0 Å². The lowest BCUT2D eigenvalue weighted by Crippen LogP contribution is -2.22. The van der Waals surface area contributed by atoms with Crippen LogP contribution in [-0.4, -0.2) is 45.4 Å². The number of carbonyl (C=O) groups excluding carboxylic acids is 1. The molecule has 0 aliphatic heterocycles. The summed E-state index contributed by atoms with van der Waals surface area (Å²) in [6.45, 7) is 4.98. The van der Waals surface area contributed by atoms with Crippen LogP contribution in [0.5, 0.6) is 5.75 Å². The van der Waals surface area contributed by atoms with Crippen molar-refractivity contribution in [1.82, 2.24) is 5.32 Å². The molecule has 5 nitrogen and oxygen atoms in total. The van der Waals surface area contributed by atoms with E-state index in [1.54, 1.807) is 12.1 Å². The van der Waals surface area contributed by atoms with E-state index in [1.165, 1.54) is 13.0 Å². The second-order valence-corrected chi connectivity index (χ2v) is 10.1. The number of benzene rings is 1. The van der Waals surface area contributed by atoms with E-state index >= 15 is 0 Å². The normalized spacial score (nSPS) is 15.4. The van der Waals surface area contributed by atoms with Gasteiger partial charge in [0.05, 0.1) is 24.7 Å². The molecule has 1 N–H and O–H groups in total. The van der Waals surface area contributed by atoms with Gasteiger partial charge in [-0.2, -0.15) is 0 Å². The zero-order chi connectivity index (χ0) is 20.6. The van der Waals surface area contributed by atoms with Crippen LogP contribution >= 0.6 is 0 Å². The number of sulfone groups is 1. The molecule has 0 aromatic heterocycles. The number of halogens is 1. The maximum absolute atomic E-state index is 13.9. The quantitative estimate of drug-likeness (QED) is 0.473. The molecule has 1 fully saturated rings. The molecule has 0 unspecified atom stereocenters. The van der Waals surface area contributed by atoms with Crippen molar-refractivity contribution in [3.63, 3.8) is 0 Å². The van der Waals surface area contributed by atoms with Crippen molar-refractivity contribution in [3.05, 3.63) is 29.6 Å². The molecule has 2 rings (SSSR count). The van der Waals surface area contributed by atoms with Crippen LogP contribution in [0.15, 0.2) is 18.2 Å². The average molecular weight is 414 g/mol. The van der Waals surface area contributed by atoms with Gasteiger partial charge in [-0.25, -0.2) is 12.8 Å². The third kappa shape index (κ3) is 8.69. The number of ketones is 1. The van der Waals surface area contributed by atoms with Gasteiger partial charge in [-0.3, -0.25) is 4.79 Å². The minimum atomic E-state index is -3.18. The van der Waals surface area contributed by atoms with Gasteiger partial charge in [0, 0.05) is 0 Å². The van der Waals surface area contributed by atoms with E-state index in [0.29, 0.717) is 25.5 Å². The first-order valence-electron chi connectivity index (χ1n) is 10.1. The van der Waals surface area contributed by atoms with Crippen LogP contribution in [0.4, 0.5) is 4.39 Å². The number of hydrogen-bond acceptors (Lipinski definition) is 5. The summed E-state index contributed by atoms with van der Waals surface area (Å²) in [7, 11) is -3.18. The first-order chi connectivity index (χ1) is 13.3. The molecule has 1 aromatic carbocycles. The predicted octanol–water partition coefficient (Wildman–Crippen LogP) is 3.48. The van der Waals surface area contributed by atoms with Crippen molar-refractivity contribution < 1.29 is 22.3 Å². The van der Waals surface area contributed by atoms with Crippen molar-refractivity contribution >= 4 is 15.6 Å². The van der Waals surface area contributed by atoms with Gasteiger partial charge in [0.1, 0.15) is 5.78 Å². The summed E-state index contributed by atoms with van der Waals surface area (Å²) in [6, 6.07) is 4.63. The summed E-state index contributed by atoms with van der Waals surface area (Å²) in [5.41, 5.74) is 0.782. The second kappa shape index (κ2) is 10.9. The molecule has 158 valence electrons. The molecule has 1 atom stereocenters. The molecule has 0 radical (unpaired) electrons. The van der Waals surface area contributed by atoms with E-state index in [1.807, 2.05) is 6.92 Å². The van der Waals surface area contributed by atoms with E-state index in [0.717, 1.165) is 37.8 Å². The maximum Gasteiger partial charge on any atom is 0.165 e. The Labute approximate surface area is 168 Å². The highest BCUT2D eigenvalue weighted by Gasteiger charge is 2.23. The van der Waals surface area contributed by atoms with Gasteiger partial charge in [0.2, 0.25) is 0 Å². The zero-order valence-electron chi connectivity index (χ0n) is 16.9. The smallest absolute Gasteiger partial charge is 0.165 e. The number of hydrogen-bond donors (Lipinski definition) is 1. The van der Waals surface area contributed by atoms with Crippen LogP contribution < -0.4 is 10.1 Å². The van der Waals surface area contributed by atoms with Gasteiger partial charge in [-0.05, 0) is 68.7 Å². The van der Waals surface area contributed by atoms with Gasteiger partial charge < -0.3 is 10.1 Å². The second-order valence-electron chi connectivity index (χ2n) is 7.90. The van der Waals surface area contributed by atoms with E-state index in [4.69, 9.17) is 4.74 Å². The monoisotopic (exact) mass is 413 g/mol. The molecule has 28 heavy (non-hydrogen) atoms. The Balaban J connectivity index is 1.76. The molecule has 0 amide bonds. The summed E-state index contributed by atoms with van der Waals surface area (Å²) < 4.78 is 44.3. The van der Waals surface area contributed by atoms with Crippen molar-refractivity contribution in [3.8, 4) is 5.75 Å². The Morgan fingerprint density at radius 3 is 2.71 bits per heavy atom. The minimum Gasteiger partial charge on any atom is -0.490 e. The fourth-order valence-corrected chi connectivity index (χ4v) is 4.77. The number of nitrogens with one attached hydrogen (secondary N) is 1. The average Bonchev–Trinajstić information content (AvgIpc) is 3.43. The number of carbonyl (C=O) groups is 1. The van der Waals surface area contributed by atoms with E-state index in [-0.39, 0.29) is 29.0 Å². The Morgan fingerprint density at radius 1 is 1.29 bits per heavy atom. The first-order valence-corrected chi connectivity index (χ1v) is 11.9. The molecular weight excluding hydrogens is 381 g/mol. The van der Waals surface area contributed by atoms with Gasteiger partial charge in [0.15, 0.2) is 21.4 Å². The van der Waals surface area contributed by atoms with Crippen molar-refractivity contribution in [2.24, 2.45) is 5.92 Å². The highest BCUT2D eigenvalue weighted by atomic mass is 32.2. The van der Waals surface area contributed by atoms with Crippen LogP contribution in [0.25, 0.3) is 0 Å². The third-order valence-corrected chi connectivity index (χ3v) is 6.80. The Morgan fingerprint density at radius 2 is 2.04 bits per heavy atom. The SMILES string of the molecule is CC(=O)CNCCCCCS(=O)(=O)C[C@@H](C)c1ccc(F)c(OCC2CC2)c1. The van der Waals surface area contributed by atoms with Gasteiger partial charge >= 0.3 is 0 Å². The lowest BCUT2D eigenvalue weighted by Gasteiger charge is -2.15. The Bertz CT molecular complexity index is 747. The lowest BCUT2D eigenvalue weighted by atomic mass is 10.0. The number of ether oxygens (including phenoxy) is 1. The van der Waals surface area contributed by atoms with Crippen molar-refractivity contribution in [1.29, 1.82) is 0 Å². The van der Waals surface area contributed by atoms with E-state index in [9.17, 15) is 17.6 Å². The fraction of sp³-hybridized carbons (Fsp3) is 0.667. The number of unbranched alkanes of at least 4 members (excludes halogenated alkanes) is 2. The van der Waals surface area contributed by atoms with Crippen molar-refractivity contribution in [2.45, 2.75) is 51.9 Å². The van der Waals surface area contributed by atoms with E-state index in [2.05, 4.69) is 5.32 Å². The summed E-state index contributed by atoms with van der Waals surface area (Å²) in [5, 5.41) is 3.03. The molecule has 1 aromatic rings. The van der Waals surface area contributed by atoms with Crippen LogP contribution in [0.1, 0.15) is 57.4 Å². The summed E-state index contributed by atoms with van der Waals surface area (Å²) in [6.07, 6.45) is 4.51. The van der Waals surface area contributed by atoms with E-state index < -0.39 is 15.7 Å². The Kier molecular flexibility index (Phi) is 8.89. The molecule has 7 heteroatoms. The number of Topliss-reactive ketones (excluding diaryl/α,β-unsaturated/α-hetero) is 1. The van der Waals surface area contributed by atoms with Crippen LogP contribution in [0.2, 0.25) is 0 Å².